The minimum atomic E-state index is -1.33. The van der Waals surface area contributed by atoms with Crippen LogP contribution in [0.1, 0.15) is 79.7 Å². The normalized spacial score (nSPS) is 16.2. The zero-order chi connectivity index (χ0) is 28.4. The van der Waals surface area contributed by atoms with Gasteiger partial charge in [0.05, 0.1) is 24.4 Å². The summed E-state index contributed by atoms with van der Waals surface area (Å²) in [6.45, 7) is 14.4. The molecular weight excluding hydrogens is 478 g/mol. The van der Waals surface area contributed by atoms with Crippen molar-refractivity contribution in [3.05, 3.63) is 23.8 Å². The minimum Gasteiger partial charge on any atom is -0.480 e. The number of benzene rings is 1. The largest absolute Gasteiger partial charge is 0.480 e. The first-order valence-corrected chi connectivity index (χ1v) is 13.0. The van der Waals surface area contributed by atoms with Crippen LogP contribution in [0.4, 0.5) is 0 Å². The van der Waals surface area contributed by atoms with Crippen molar-refractivity contribution < 1.29 is 38.5 Å². The summed E-state index contributed by atoms with van der Waals surface area (Å²) in [6, 6.07) is 3.20. The van der Waals surface area contributed by atoms with Gasteiger partial charge in [-0.2, -0.15) is 0 Å². The number of hydrogen-bond donors (Lipinski definition) is 2. The van der Waals surface area contributed by atoms with Crippen LogP contribution >= 0.6 is 0 Å². The Balaban J connectivity index is 3.41. The van der Waals surface area contributed by atoms with Gasteiger partial charge in [0.25, 0.3) is 0 Å². The van der Waals surface area contributed by atoms with E-state index in [1.165, 1.54) is 12.1 Å². The average Bonchev–Trinajstić information content (AvgIpc) is 2.86. The van der Waals surface area contributed by atoms with E-state index >= 15 is 0 Å². The van der Waals surface area contributed by atoms with Crippen molar-refractivity contribution in [3.63, 3.8) is 0 Å². The Labute approximate surface area is 220 Å². The highest BCUT2D eigenvalue weighted by atomic mass is 16.6. The van der Waals surface area contributed by atoms with Crippen molar-refractivity contribution in [1.82, 2.24) is 0 Å². The predicted octanol–water partition coefficient (Wildman–Crippen LogP) is 4.56. The minimum absolute atomic E-state index is 0.000309. The van der Waals surface area contributed by atoms with Crippen molar-refractivity contribution >= 4 is 23.9 Å². The fourth-order valence-corrected chi connectivity index (χ4v) is 3.41. The molecule has 0 aliphatic heterocycles. The maximum absolute atomic E-state index is 12.6. The monoisotopic (exact) mass is 521 g/mol. The summed E-state index contributed by atoms with van der Waals surface area (Å²) >= 11 is 0. The molecule has 0 heterocycles. The van der Waals surface area contributed by atoms with E-state index in [9.17, 15) is 24.3 Å². The first-order valence-electron chi connectivity index (χ1n) is 13.0. The Morgan fingerprint density at radius 1 is 0.838 bits per heavy atom. The summed E-state index contributed by atoms with van der Waals surface area (Å²) in [7, 11) is 0. The molecule has 6 atom stereocenters. The molecular formula is C28H43NO8. The van der Waals surface area contributed by atoms with Gasteiger partial charge in [-0.3, -0.25) is 19.2 Å². The first kappa shape index (κ1) is 32.1. The number of carboxylic acid groups (broad SMARTS) is 1. The quantitative estimate of drug-likeness (QED) is 0.266. The first-order chi connectivity index (χ1) is 17.2. The third-order valence-electron chi connectivity index (χ3n) is 6.95. The van der Waals surface area contributed by atoms with Crippen LogP contribution in [0.3, 0.4) is 0 Å². The highest BCUT2D eigenvalue weighted by Gasteiger charge is 2.33. The Morgan fingerprint density at radius 3 is 1.81 bits per heavy atom. The lowest BCUT2D eigenvalue weighted by molar-refractivity contribution is -0.151. The van der Waals surface area contributed by atoms with E-state index in [0.29, 0.717) is 18.4 Å². The van der Waals surface area contributed by atoms with Gasteiger partial charge in [0.1, 0.15) is 6.04 Å². The van der Waals surface area contributed by atoms with Crippen LogP contribution in [0.25, 0.3) is 0 Å². The molecule has 3 N–H and O–H groups in total. The van der Waals surface area contributed by atoms with Crippen LogP contribution in [-0.2, 0) is 23.9 Å². The molecule has 0 amide bonds. The second kappa shape index (κ2) is 14.7. The number of esters is 3. The highest BCUT2D eigenvalue weighted by molar-refractivity contribution is 5.79. The third kappa shape index (κ3) is 9.14. The van der Waals surface area contributed by atoms with E-state index in [4.69, 9.17) is 19.9 Å². The van der Waals surface area contributed by atoms with E-state index in [-0.39, 0.29) is 41.8 Å². The molecule has 9 heteroatoms. The molecule has 0 radical (unpaired) electrons. The molecule has 1 aromatic carbocycles. The Morgan fingerprint density at radius 2 is 1.35 bits per heavy atom. The fraction of sp³-hybridized carbons (Fsp3) is 0.643. The standard InChI is InChI=1S/C28H43NO8/c1-9-16(5)26(32)36-21-12-11-20(13-22(21)37-27(33)17(6)10-2)23(24(29)25(30)31)18(7)14-35-28(34)19(8)15(3)4/h11-13,15-19,23-24H,9-10,14,29H2,1-8H3,(H,30,31)/t16?,17?,18?,19?,23?,24-/m0/s1. The van der Waals surface area contributed by atoms with Crippen LogP contribution in [0.2, 0.25) is 0 Å². The van der Waals surface area contributed by atoms with Gasteiger partial charge >= 0.3 is 23.9 Å². The molecule has 1 aromatic rings. The summed E-state index contributed by atoms with van der Waals surface area (Å²) in [4.78, 5) is 49.3. The van der Waals surface area contributed by atoms with Crippen molar-refractivity contribution in [3.8, 4) is 11.5 Å². The molecule has 0 saturated heterocycles. The van der Waals surface area contributed by atoms with E-state index in [2.05, 4.69) is 0 Å². The van der Waals surface area contributed by atoms with Crippen LogP contribution in [0.15, 0.2) is 18.2 Å². The van der Waals surface area contributed by atoms with Gasteiger partial charge in [0.2, 0.25) is 0 Å². The molecule has 1 rings (SSSR count). The van der Waals surface area contributed by atoms with Gasteiger partial charge < -0.3 is 25.1 Å². The zero-order valence-electron chi connectivity index (χ0n) is 23.3. The van der Waals surface area contributed by atoms with E-state index in [1.54, 1.807) is 33.8 Å². The molecule has 0 aromatic heterocycles. The number of aliphatic carboxylic acids is 1. The molecule has 0 aliphatic carbocycles. The van der Waals surface area contributed by atoms with E-state index in [0.717, 1.165) is 0 Å². The van der Waals surface area contributed by atoms with E-state index in [1.807, 2.05) is 27.7 Å². The second-order valence-corrected chi connectivity index (χ2v) is 10.2. The predicted molar refractivity (Wildman–Crippen MR) is 139 cm³/mol. The van der Waals surface area contributed by atoms with Gasteiger partial charge in [-0.05, 0) is 42.4 Å². The van der Waals surface area contributed by atoms with Crippen molar-refractivity contribution in [2.45, 2.75) is 80.2 Å². The molecule has 208 valence electrons. The number of carbonyl (C=O) groups excluding carboxylic acids is 3. The lowest BCUT2D eigenvalue weighted by Crippen LogP contribution is -2.41. The van der Waals surface area contributed by atoms with Gasteiger partial charge in [0.15, 0.2) is 11.5 Å². The Hall–Kier alpha value is -2.94. The van der Waals surface area contributed by atoms with Crippen LogP contribution in [0.5, 0.6) is 11.5 Å². The molecule has 0 saturated carbocycles. The van der Waals surface area contributed by atoms with Crippen molar-refractivity contribution in [2.75, 3.05) is 6.61 Å². The summed E-state index contributed by atoms with van der Waals surface area (Å²) in [5.74, 6) is -4.81. The number of rotatable bonds is 14. The smallest absolute Gasteiger partial charge is 0.321 e. The number of carboxylic acids is 1. The SMILES string of the molecule is CCC(C)C(=O)Oc1ccc(C(C(C)COC(=O)C(C)C(C)C)[C@H](N)C(=O)O)cc1OC(=O)C(C)CC. The Kier molecular flexibility index (Phi) is 12.8. The molecule has 0 spiro atoms. The molecule has 0 aliphatic rings. The van der Waals surface area contributed by atoms with Crippen molar-refractivity contribution in [2.24, 2.45) is 35.3 Å². The molecule has 5 unspecified atom stereocenters. The molecule has 9 nitrogen and oxygen atoms in total. The molecule has 37 heavy (non-hydrogen) atoms. The number of carbonyl (C=O) groups is 4. The average molecular weight is 522 g/mol. The fourth-order valence-electron chi connectivity index (χ4n) is 3.41. The molecule has 0 fully saturated rings. The lowest BCUT2D eigenvalue weighted by Gasteiger charge is -2.28. The summed E-state index contributed by atoms with van der Waals surface area (Å²) in [6.07, 6.45) is 1.12. The second-order valence-electron chi connectivity index (χ2n) is 10.2. The maximum atomic E-state index is 12.6. The van der Waals surface area contributed by atoms with E-state index < -0.39 is 41.7 Å². The van der Waals surface area contributed by atoms with Crippen LogP contribution < -0.4 is 15.2 Å². The van der Waals surface area contributed by atoms with Gasteiger partial charge in [-0.1, -0.05) is 61.5 Å². The maximum Gasteiger partial charge on any atom is 0.321 e. The summed E-state index contributed by atoms with van der Waals surface area (Å²) < 4.78 is 16.6. The number of hydrogen-bond acceptors (Lipinski definition) is 8. The highest BCUT2D eigenvalue weighted by Crippen LogP contribution is 2.36. The number of nitrogens with two attached hydrogens (primary N) is 1. The van der Waals surface area contributed by atoms with Gasteiger partial charge in [-0.25, -0.2) is 0 Å². The van der Waals surface area contributed by atoms with Crippen molar-refractivity contribution in [1.29, 1.82) is 0 Å². The number of ether oxygens (including phenoxy) is 3. The van der Waals surface area contributed by atoms with Gasteiger partial charge in [-0.15, -0.1) is 0 Å². The van der Waals surface area contributed by atoms with Crippen LogP contribution in [-0.4, -0.2) is 41.6 Å². The van der Waals surface area contributed by atoms with Crippen LogP contribution in [0, 0.1) is 29.6 Å². The lowest BCUT2D eigenvalue weighted by atomic mass is 9.82. The van der Waals surface area contributed by atoms with Gasteiger partial charge in [0, 0.05) is 5.92 Å². The summed E-state index contributed by atoms with van der Waals surface area (Å²) in [5.41, 5.74) is 6.52. The molecule has 0 bridgehead atoms. The Bertz CT molecular complexity index is 944. The zero-order valence-corrected chi connectivity index (χ0v) is 23.3. The third-order valence-corrected chi connectivity index (χ3v) is 6.95. The topological polar surface area (TPSA) is 142 Å². The summed E-state index contributed by atoms with van der Waals surface area (Å²) in [5, 5.41) is 9.69.